The summed E-state index contributed by atoms with van der Waals surface area (Å²) in [6.45, 7) is 4.47. The summed E-state index contributed by atoms with van der Waals surface area (Å²) in [7, 11) is 0. The van der Waals surface area contributed by atoms with E-state index < -0.39 is 0 Å². The fourth-order valence-corrected chi connectivity index (χ4v) is 10.6. The second-order valence-corrected chi connectivity index (χ2v) is 18.7. The average Bonchev–Trinajstić information content (AvgIpc) is 3.44. The van der Waals surface area contributed by atoms with Crippen LogP contribution < -0.4 is 19.6 Å². The van der Waals surface area contributed by atoms with E-state index in [0.29, 0.717) is 11.8 Å². The van der Waals surface area contributed by atoms with E-state index in [0.717, 1.165) is 62.6 Å². The quantitative estimate of drug-likeness (QED) is 0.121. The Hall–Kier alpha value is -9.12. The van der Waals surface area contributed by atoms with Gasteiger partial charge < -0.3 is 19.6 Å². The van der Waals surface area contributed by atoms with Crippen LogP contribution in [0.2, 0.25) is 0 Å². The molecule has 2 atom stereocenters. The molecule has 0 amide bonds. The number of fused-ring (bicyclic) bond motifs is 3. The van der Waals surface area contributed by atoms with Crippen molar-refractivity contribution in [2.45, 2.75) is 13.8 Å². The van der Waals surface area contributed by atoms with Gasteiger partial charge in [0.2, 0.25) is 0 Å². The summed E-state index contributed by atoms with van der Waals surface area (Å²) >= 11 is 0. The van der Waals surface area contributed by atoms with Crippen LogP contribution in [0.1, 0.15) is 12.5 Å². The third-order valence-electron chi connectivity index (χ3n) is 14.1. The van der Waals surface area contributed by atoms with E-state index in [4.69, 9.17) is 0 Å². The van der Waals surface area contributed by atoms with Crippen LogP contribution in [0.15, 0.2) is 290 Å². The van der Waals surface area contributed by atoms with Crippen molar-refractivity contribution in [2.24, 2.45) is 11.8 Å². The molecule has 4 nitrogen and oxygen atoms in total. The van der Waals surface area contributed by atoms with Crippen molar-refractivity contribution in [1.82, 2.24) is 0 Å². The molecule has 0 spiro atoms. The molecule has 2 aliphatic rings. The highest BCUT2D eigenvalue weighted by atomic mass is 15.2. The molecule has 0 aliphatic heterocycles. The zero-order valence-electron chi connectivity index (χ0n) is 40.5. The Morgan fingerprint density at radius 3 is 1.25 bits per heavy atom. The molecule has 0 aromatic heterocycles. The zero-order chi connectivity index (χ0) is 48.4. The minimum Gasteiger partial charge on any atom is -0.310 e. The number of benzene rings is 10. The SMILES string of the molecule is Cc1cccc(N(c2ccc(N(c3ccc(N(C4=C5C=CC=CC5C(C)C=C4)c4ccccc4)cc3)c3ccc(N(c4ccccc4)c4cccc5ccccc45)cc3)cc2)c2cccc3ccccc23)c1. The van der Waals surface area contributed by atoms with E-state index in [1.807, 2.05) is 0 Å². The minimum absolute atomic E-state index is 0.322. The molecule has 4 heteroatoms. The van der Waals surface area contributed by atoms with E-state index >= 15 is 0 Å². The molecule has 0 radical (unpaired) electrons. The maximum Gasteiger partial charge on any atom is 0.0540 e. The molecule has 346 valence electrons. The number of anilines is 11. The first-order valence-electron chi connectivity index (χ1n) is 25.0. The van der Waals surface area contributed by atoms with E-state index in [1.54, 1.807) is 0 Å². The van der Waals surface area contributed by atoms with Gasteiger partial charge in [0.05, 0.1) is 11.4 Å². The molecule has 2 unspecified atom stereocenters. The number of aryl methyl sites for hydroxylation is 1. The number of hydrogen-bond acceptors (Lipinski definition) is 4. The van der Waals surface area contributed by atoms with Gasteiger partial charge in [-0.05, 0) is 162 Å². The van der Waals surface area contributed by atoms with Crippen LogP contribution in [0.4, 0.5) is 62.6 Å². The smallest absolute Gasteiger partial charge is 0.0540 e. The van der Waals surface area contributed by atoms with Crippen molar-refractivity contribution in [3.63, 3.8) is 0 Å². The van der Waals surface area contributed by atoms with Gasteiger partial charge in [-0.25, -0.2) is 0 Å². The van der Waals surface area contributed by atoms with Gasteiger partial charge in [0.1, 0.15) is 0 Å². The van der Waals surface area contributed by atoms with Gasteiger partial charge in [-0.15, -0.1) is 0 Å². The highest BCUT2D eigenvalue weighted by Crippen LogP contribution is 2.46. The minimum atomic E-state index is 0.322. The molecule has 12 rings (SSSR count). The second-order valence-electron chi connectivity index (χ2n) is 18.7. The summed E-state index contributed by atoms with van der Waals surface area (Å²) in [4.78, 5) is 9.53. The predicted octanol–water partition coefficient (Wildman–Crippen LogP) is 19.1. The van der Waals surface area contributed by atoms with Gasteiger partial charge in [-0.2, -0.15) is 0 Å². The normalized spacial score (nSPS) is 14.9. The van der Waals surface area contributed by atoms with Crippen LogP contribution in [0.25, 0.3) is 21.5 Å². The van der Waals surface area contributed by atoms with E-state index in [-0.39, 0.29) is 0 Å². The standard InChI is InChI=1S/C68H54N4/c1-49-18-15-27-61(48-49)72(67-33-17-22-52-20-10-12-30-64(52)67)60-45-39-57(40-46-60)69(55-35-41-58(42-36-55)70(53-23-5-3-6-24-53)66-32-16-21-51-19-9-11-29-63(51)66)56-37-43-59(44-38-56)71(54-25-7-4-8-26-54)68-47-34-50(2)62-28-13-14-31-65(62)68/h3-48,50,62H,1-2H3. The van der Waals surface area contributed by atoms with Crippen LogP contribution in [0.5, 0.6) is 0 Å². The number of para-hydroxylation sites is 2. The Morgan fingerprint density at radius 1 is 0.319 bits per heavy atom. The van der Waals surface area contributed by atoms with Gasteiger partial charge in [0.25, 0.3) is 0 Å². The molecule has 72 heavy (non-hydrogen) atoms. The molecular formula is C68H54N4. The van der Waals surface area contributed by atoms with Crippen LogP contribution >= 0.6 is 0 Å². The summed E-state index contributed by atoms with van der Waals surface area (Å²) in [5.41, 5.74) is 15.7. The number of allylic oxidation sites excluding steroid dienone is 7. The molecule has 0 fully saturated rings. The fourth-order valence-electron chi connectivity index (χ4n) is 10.6. The number of hydrogen-bond donors (Lipinski definition) is 0. The lowest BCUT2D eigenvalue weighted by molar-refractivity contribution is 0.576. The Labute approximate surface area is 423 Å². The Morgan fingerprint density at radius 2 is 0.722 bits per heavy atom. The molecule has 0 saturated carbocycles. The highest BCUT2D eigenvalue weighted by Gasteiger charge is 2.28. The lowest BCUT2D eigenvalue weighted by Gasteiger charge is -2.35. The molecular weight excluding hydrogens is 873 g/mol. The fraction of sp³-hybridized carbons (Fsp3) is 0.0588. The molecule has 10 aromatic rings. The molecule has 10 aromatic carbocycles. The zero-order valence-corrected chi connectivity index (χ0v) is 40.5. The van der Waals surface area contributed by atoms with Gasteiger partial charge in [-0.1, -0.05) is 159 Å². The lowest BCUT2D eigenvalue weighted by atomic mass is 9.79. The van der Waals surface area contributed by atoms with Crippen molar-refractivity contribution in [3.8, 4) is 0 Å². The van der Waals surface area contributed by atoms with E-state index in [1.165, 1.54) is 38.4 Å². The van der Waals surface area contributed by atoms with Crippen molar-refractivity contribution < 1.29 is 0 Å². The highest BCUT2D eigenvalue weighted by molar-refractivity contribution is 6.00. The monoisotopic (exact) mass is 926 g/mol. The van der Waals surface area contributed by atoms with Crippen molar-refractivity contribution >= 4 is 84.1 Å². The largest absolute Gasteiger partial charge is 0.310 e. The summed E-state index contributed by atoms with van der Waals surface area (Å²) in [6.07, 6.45) is 13.6. The number of rotatable bonds is 12. The van der Waals surface area contributed by atoms with E-state index in [2.05, 4.69) is 313 Å². The average molecular weight is 927 g/mol. The maximum atomic E-state index is 2.41. The van der Waals surface area contributed by atoms with E-state index in [9.17, 15) is 0 Å². The second kappa shape index (κ2) is 19.3. The number of nitrogens with zero attached hydrogens (tertiary/aromatic N) is 4. The molecule has 2 aliphatic carbocycles. The third-order valence-corrected chi connectivity index (χ3v) is 14.1. The Bertz CT molecular complexity index is 3660. The molecule has 0 bridgehead atoms. The third kappa shape index (κ3) is 8.43. The topological polar surface area (TPSA) is 13.0 Å². The Balaban J connectivity index is 0.983. The van der Waals surface area contributed by atoms with Gasteiger partial charge >= 0.3 is 0 Å². The van der Waals surface area contributed by atoms with Gasteiger partial charge in [0.15, 0.2) is 0 Å². The van der Waals surface area contributed by atoms with Crippen molar-refractivity contribution in [3.05, 3.63) is 296 Å². The van der Waals surface area contributed by atoms with Gasteiger partial charge in [0, 0.05) is 73.6 Å². The first-order valence-corrected chi connectivity index (χ1v) is 25.0. The summed E-state index contributed by atoms with van der Waals surface area (Å²) < 4.78 is 0. The first kappa shape index (κ1) is 44.1. The predicted molar refractivity (Wildman–Crippen MR) is 306 cm³/mol. The van der Waals surface area contributed by atoms with Crippen LogP contribution in [0.3, 0.4) is 0 Å². The van der Waals surface area contributed by atoms with Crippen LogP contribution in [-0.4, -0.2) is 0 Å². The summed E-state index contributed by atoms with van der Waals surface area (Å²) in [6, 6.07) is 87.7. The maximum absolute atomic E-state index is 2.41. The molecule has 0 saturated heterocycles. The summed E-state index contributed by atoms with van der Waals surface area (Å²) in [5, 5.41) is 4.81. The first-order chi connectivity index (χ1) is 35.6. The molecule has 0 N–H and O–H groups in total. The van der Waals surface area contributed by atoms with Gasteiger partial charge in [-0.3, -0.25) is 0 Å². The van der Waals surface area contributed by atoms with Crippen LogP contribution in [0, 0.1) is 18.8 Å². The van der Waals surface area contributed by atoms with Crippen molar-refractivity contribution in [1.29, 1.82) is 0 Å². The van der Waals surface area contributed by atoms with Crippen molar-refractivity contribution in [2.75, 3.05) is 19.6 Å². The lowest BCUT2D eigenvalue weighted by Crippen LogP contribution is -2.24. The summed E-state index contributed by atoms with van der Waals surface area (Å²) in [5.74, 6) is 0.738. The Kier molecular flexibility index (Phi) is 11.9. The molecule has 0 heterocycles. The van der Waals surface area contributed by atoms with Crippen LogP contribution in [-0.2, 0) is 0 Å².